The number of unbranched alkanes of at least 4 members (excludes halogenated alkanes) is 4. The molecule has 31 heteroatoms. The molecule has 0 fully saturated rings. The number of amides is 10. The molecule has 11 rings (SSSR count). The van der Waals surface area contributed by atoms with E-state index >= 15 is 33.6 Å². The number of ether oxygens (including phenoxy) is 1. The maximum Gasteiger partial charge on any atom is 0.407 e. The van der Waals surface area contributed by atoms with E-state index < -0.39 is 132 Å². The quantitative estimate of drug-likeness (QED) is 0.0161. The lowest BCUT2D eigenvalue weighted by Crippen LogP contribution is -2.61. The minimum absolute atomic E-state index is 0.0128. The standard InChI is InChI=1S/C95H122N18O13/c1-5-57(4)84(94(123)124)113-88(117)78(41-21-25-45-99)107-91(120)81(48-59-52-101-72-35-15-11-27-63(59)72)109-86(115)76(39-19-23-43-97)106-92(121)82(49-60-53-102-73-36-16-12-28-64(60)73)111-93(122)83(50-61-54-103-74-37-17-13-29-65(61)74)110-87(116)77(40-20-24-44-98)105-90(119)80(47-58-51-100-71-34-14-10-26-62(58)71)108-85(114)75(38-18-22-42-96)104-89(118)79(46-56(2)3)112-95(125)126-55-70-68-32-8-6-30-66(68)67-31-7-9-33-69(67)70/h6-17,26-37,51-54,56-57,70,75-84,100-103H,5,18-25,38-50,55,96-99H2,1-4H3,(H,104,118)(H,105,119)(H,106,121)(H,107,120)(H,108,114)(H,109,115)(H,110,116)(H,111,122)(H,112,125)(H,113,117)(H,123,124)/t57-,75-,76-,77-,78-,79-,80-,81-,82-,83-,84-/m0/s1. The molecule has 31 nitrogen and oxygen atoms in total. The zero-order valence-corrected chi connectivity index (χ0v) is 72.1. The van der Waals surface area contributed by atoms with Crippen LogP contribution in [0, 0.1) is 11.8 Å². The van der Waals surface area contributed by atoms with E-state index in [1.54, 1.807) is 38.6 Å². The highest BCUT2D eigenvalue weighted by molar-refractivity contribution is 6.01. The predicted octanol–water partition coefficient (Wildman–Crippen LogP) is 7.85. The molecule has 10 amide bonds. The molecule has 1 aliphatic carbocycles. The van der Waals surface area contributed by atoms with E-state index in [1.807, 2.05) is 159 Å². The second kappa shape index (κ2) is 46.3. The Balaban J connectivity index is 0.873. The second-order valence-electron chi connectivity index (χ2n) is 33.2. The fraction of sp³-hybridized carbons (Fsp3) is 0.421. The van der Waals surface area contributed by atoms with Crippen LogP contribution in [0.2, 0.25) is 0 Å². The van der Waals surface area contributed by atoms with Gasteiger partial charge in [-0.05, 0) is 190 Å². The fourth-order valence-corrected chi connectivity index (χ4v) is 16.6. The van der Waals surface area contributed by atoms with E-state index in [2.05, 4.69) is 73.1 Å². The van der Waals surface area contributed by atoms with Crippen LogP contribution in [0.5, 0.6) is 0 Å². The third-order valence-corrected chi connectivity index (χ3v) is 23.7. The number of aromatic nitrogens is 4. The van der Waals surface area contributed by atoms with Gasteiger partial charge >= 0.3 is 12.1 Å². The van der Waals surface area contributed by atoms with Crippen LogP contribution in [0.25, 0.3) is 54.7 Å². The van der Waals surface area contributed by atoms with Crippen molar-refractivity contribution >= 4 is 109 Å². The zero-order valence-electron chi connectivity index (χ0n) is 72.1. The van der Waals surface area contributed by atoms with Crippen LogP contribution in [0.3, 0.4) is 0 Å². The van der Waals surface area contributed by atoms with Crippen molar-refractivity contribution in [2.45, 2.75) is 210 Å². The summed E-state index contributed by atoms with van der Waals surface area (Å²) >= 11 is 0. The summed E-state index contributed by atoms with van der Waals surface area (Å²) < 4.78 is 5.91. The topological polar surface area (TPSA) is 505 Å². The monoisotopic (exact) mass is 1720 g/mol. The number of benzene rings is 6. The molecule has 4 heterocycles. The van der Waals surface area contributed by atoms with Crippen molar-refractivity contribution in [2.24, 2.45) is 34.8 Å². The van der Waals surface area contributed by atoms with Gasteiger partial charge in [-0.2, -0.15) is 0 Å². The fourth-order valence-electron chi connectivity index (χ4n) is 16.6. The van der Waals surface area contributed by atoms with Crippen molar-refractivity contribution in [2.75, 3.05) is 32.8 Å². The van der Waals surface area contributed by atoms with E-state index in [0.29, 0.717) is 102 Å². The van der Waals surface area contributed by atoms with E-state index in [1.165, 1.54) is 0 Å². The van der Waals surface area contributed by atoms with Crippen molar-refractivity contribution in [1.82, 2.24) is 73.1 Å². The van der Waals surface area contributed by atoms with E-state index in [0.717, 1.165) is 44.1 Å². The number of aromatic amines is 4. The van der Waals surface area contributed by atoms with Crippen LogP contribution in [0.4, 0.5) is 4.79 Å². The number of nitrogens with two attached hydrogens (primary N) is 4. The first-order chi connectivity index (χ1) is 61.0. The highest BCUT2D eigenvalue weighted by Crippen LogP contribution is 2.44. The average molecular weight is 1720 g/mol. The van der Waals surface area contributed by atoms with Gasteiger partial charge in [-0.15, -0.1) is 0 Å². The maximum atomic E-state index is 15.9. The second-order valence-corrected chi connectivity index (χ2v) is 33.2. The van der Waals surface area contributed by atoms with Crippen LogP contribution < -0.4 is 76.1 Å². The molecule has 11 atom stereocenters. The van der Waals surface area contributed by atoms with E-state index in [4.69, 9.17) is 27.7 Å². The Morgan fingerprint density at radius 2 is 0.619 bits per heavy atom. The number of carboxylic acids is 1. The molecule has 0 unspecified atom stereocenters. The van der Waals surface area contributed by atoms with Gasteiger partial charge in [0.05, 0.1) is 0 Å². The number of aliphatic carboxylic acids is 1. The lowest BCUT2D eigenvalue weighted by atomic mass is 9.98. The molecule has 6 aromatic carbocycles. The zero-order chi connectivity index (χ0) is 89.8. The van der Waals surface area contributed by atoms with Crippen LogP contribution in [0.15, 0.2) is 170 Å². The van der Waals surface area contributed by atoms with Crippen LogP contribution in [-0.4, -0.2) is 183 Å². The highest BCUT2D eigenvalue weighted by Gasteiger charge is 2.39. The van der Waals surface area contributed by atoms with Gasteiger partial charge in [0.25, 0.3) is 0 Å². The number of rotatable bonds is 50. The van der Waals surface area contributed by atoms with E-state index in [-0.39, 0.29) is 102 Å². The SMILES string of the molecule is CC[C@H](C)[C@H](NC(=O)[C@H](CCCCN)NC(=O)[C@H](Cc1c[nH]c2ccccc12)NC(=O)[C@H](CCCCN)NC(=O)[C@H](Cc1c[nH]c2ccccc12)NC(=O)[C@H](Cc1c[nH]c2ccccc12)NC(=O)[C@H](CCCCN)NC(=O)[C@H](Cc1c[nH]c2ccccc12)NC(=O)[C@H](CCCCN)NC(=O)[C@H](CC(C)C)NC(=O)OCC1c2ccccc2-c2ccccc21)C(=O)O. The van der Waals surface area contributed by atoms with Gasteiger partial charge in [-0.3, -0.25) is 43.2 Å². The molecule has 126 heavy (non-hydrogen) atoms. The van der Waals surface area contributed by atoms with Crippen molar-refractivity contribution < 1.29 is 62.6 Å². The average Bonchev–Trinajstić information content (AvgIpc) is 1.61. The number of fused-ring (bicyclic) bond motifs is 7. The summed E-state index contributed by atoms with van der Waals surface area (Å²) in [6, 6.07) is 31.6. The minimum atomic E-state index is -1.51. The minimum Gasteiger partial charge on any atom is -0.480 e. The summed E-state index contributed by atoms with van der Waals surface area (Å²) in [6.07, 6.45) is 9.21. The lowest BCUT2D eigenvalue weighted by Gasteiger charge is -2.29. The molecule has 0 saturated heterocycles. The van der Waals surface area contributed by atoms with Gasteiger partial charge in [0.15, 0.2) is 0 Å². The third kappa shape index (κ3) is 25.1. The highest BCUT2D eigenvalue weighted by atomic mass is 16.5. The molecule has 670 valence electrons. The first-order valence-corrected chi connectivity index (χ1v) is 44.1. The smallest absolute Gasteiger partial charge is 0.407 e. The molecule has 10 aromatic rings. The Morgan fingerprint density at radius 1 is 0.349 bits per heavy atom. The molecule has 23 N–H and O–H groups in total. The van der Waals surface area contributed by atoms with E-state index in [9.17, 15) is 24.3 Å². The molecule has 0 radical (unpaired) electrons. The summed E-state index contributed by atoms with van der Waals surface area (Å²) in [5.41, 5.74) is 33.5. The molecular weight excluding hydrogens is 1600 g/mol. The normalized spacial score (nSPS) is 14.5. The van der Waals surface area contributed by atoms with Crippen molar-refractivity contribution in [3.05, 3.63) is 204 Å². The number of carboxylic acid groups (broad SMARTS) is 1. The van der Waals surface area contributed by atoms with Crippen LogP contribution >= 0.6 is 0 Å². The van der Waals surface area contributed by atoms with Crippen molar-refractivity contribution in [1.29, 1.82) is 0 Å². The van der Waals surface area contributed by atoms with Crippen molar-refractivity contribution in [3.63, 3.8) is 0 Å². The summed E-state index contributed by atoms with van der Waals surface area (Å²) in [4.78, 5) is 177. The molecular formula is C95H122N18O13. The summed E-state index contributed by atoms with van der Waals surface area (Å²) in [6.45, 7) is 8.24. The number of hydrogen-bond donors (Lipinski definition) is 19. The molecule has 1 aliphatic rings. The van der Waals surface area contributed by atoms with Gasteiger partial charge < -0.3 is 106 Å². The first-order valence-electron chi connectivity index (χ1n) is 44.1. The number of carbonyl (C=O) groups excluding carboxylic acids is 10. The van der Waals surface area contributed by atoms with Crippen molar-refractivity contribution in [3.8, 4) is 11.1 Å². The molecule has 0 spiro atoms. The number of alkyl carbamates (subject to hydrolysis) is 1. The number of nitrogens with one attached hydrogen (secondary N) is 14. The Morgan fingerprint density at radius 3 is 0.913 bits per heavy atom. The molecule has 0 bridgehead atoms. The Hall–Kier alpha value is -12.7. The number of H-pyrrole nitrogens is 4. The number of hydrogen-bond acceptors (Lipinski definition) is 16. The summed E-state index contributed by atoms with van der Waals surface area (Å²) in [7, 11) is 0. The Bertz CT molecular complexity index is 5340. The van der Waals surface area contributed by atoms with Gasteiger partial charge in [-0.1, -0.05) is 155 Å². The predicted molar refractivity (Wildman–Crippen MR) is 486 cm³/mol. The number of para-hydroxylation sites is 4. The molecule has 0 aliphatic heterocycles. The van der Waals surface area contributed by atoms with Crippen LogP contribution in [0.1, 0.15) is 157 Å². The third-order valence-electron chi connectivity index (χ3n) is 23.7. The molecule has 0 saturated carbocycles. The van der Waals surface area contributed by atoms with Gasteiger partial charge in [0, 0.05) is 100 Å². The lowest BCUT2D eigenvalue weighted by molar-refractivity contribution is -0.144. The largest absolute Gasteiger partial charge is 0.480 e. The van der Waals surface area contributed by atoms with Crippen LogP contribution in [-0.2, 0) is 78.4 Å². The summed E-state index contributed by atoms with van der Waals surface area (Å²) in [5, 5.41) is 42.0. The first kappa shape index (κ1) is 94.0. The van der Waals surface area contributed by atoms with Gasteiger partial charge in [0.1, 0.15) is 67.0 Å². The Labute approximate surface area is 732 Å². The number of carbonyl (C=O) groups is 11. The Kier molecular flexibility index (Phi) is 34.5. The molecule has 4 aromatic heterocycles. The summed E-state index contributed by atoms with van der Waals surface area (Å²) in [5.74, 6) is -9.16. The van der Waals surface area contributed by atoms with Gasteiger partial charge in [-0.25, -0.2) is 9.59 Å². The maximum absolute atomic E-state index is 15.9. The van der Waals surface area contributed by atoms with Gasteiger partial charge in [0.2, 0.25) is 53.2 Å².